The Morgan fingerprint density at radius 1 is 1.23 bits per heavy atom. The lowest BCUT2D eigenvalue weighted by Gasteiger charge is -2.31. The largest absolute Gasteiger partial charge is 0.497 e. The number of hydrogen-bond donors (Lipinski definition) is 1. The van der Waals surface area contributed by atoms with E-state index in [1.54, 1.807) is 7.11 Å². The summed E-state index contributed by atoms with van der Waals surface area (Å²) >= 11 is 0. The average Bonchev–Trinajstić information content (AvgIpc) is 2.83. The van der Waals surface area contributed by atoms with Gasteiger partial charge in [0.2, 0.25) is 5.95 Å². The van der Waals surface area contributed by atoms with E-state index >= 15 is 0 Å². The summed E-state index contributed by atoms with van der Waals surface area (Å²) in [5.41, 5.74) is 5.29. The summed E-state index contributed by atoms with van der Waals surface area (Å²) < 4.78 is 11.1. The molecule has 3 aromatic rings. The third kappa shape index (κ3) is 5.56. The van der Waals surface area contributed by atoms with Gasteiger partial charge in [-0.1, -0.05) is 0 Å². The van der Waals surface area contributed by atoms with Gasteiger partial charge in [-0.25, -0.2) is 4.98 Å². The van der Waals surface area contributed by atoms with Gasteiger partial charge in [-0.15, -0.1) is 24.8 Å². The number of nitrogens with one attached hydrogen (secondary N) is 1. The van der Waals surface area contributed by atoms with Crippen LogP contribution in [-0.4, -0.2) is 60.8 Å². The molecule has 2 aliphatic heterocycles. The molecule has 8 nitrogen and oxygen atoms in total. The van der Waals surface area contributed by atoms with Crippen molar-refractivity contribution in [1.82, 2.24) is 19.9 Å². The van der Waals surface area contributed by atoms with Crippen LogP contribution in [-0.2, 0) is 24.2 Å². The van der Waals surface area contributed by atoms with Crippen molar-refractivity contribution in [2.45, 2.75) is 38.3 Å². The van der Waals surface area contributed by atoms with Crippen LogP contribution in [0.1, 0.15) is 41.1 Å². The number of aromatic amines is 1. The number of pyridine rings is 1. The van der Waals surface area contributed by atoms with E-state index in [4.69, 9.17) is 14.5 Å². The number of H-pyrrole nitrogens is 1. The molecule has 0 atom stereocenters. The molecule has 4 heterocycles. The molecular weight excluding hydrogens is 489 g/mol. The molecule has 1 aromatic carbocycles. The number of anilines is 1. The molecule has 0 amide bonds. The summed E-state index contributed by atoms with van der Waals surface area (Å²) in [6, 6.07) is 5.94. The molecule has 0 radical (unpaired) electrons. The molecule has 0 spiro atoms. The van der Waals surface area contributed by atoms with Gasteiger partial charge >= 0.3 is 0 Å². The second-order valence-corrected chi connectivity index (χ2v) is 9.19. The predicted molar refractivity (Wildman–Crippen MR) is 143 cm³/mol. The van der Waals surface area contributed by atoms with Crippen LogP contribution < -0.4 is 15.2 Å². The predicted octanol–water partition coefficient (Wildman–Crippen LogP) is 3.69. The van der Waals surface area contributed by atoms with Crippen molar-refractivity contribution in [3.05, 3.63) is 57.1 Å². The lowest BCUT2D eigenvalue weighted by Crippen LogP contribution is -2.34. The average molecular weight is 522 g/mol. The Kier molecular flexibility index (Phi) is 8.99. The monoisotopic (exact) mass is 521 g/mol. The second kappa shape index (κ2) is 11.6. The molecule has 35 heavy (non-hydrogen) atoms. The summed E-state index contributed by atoms with van der Waals surface area (Å²) in [5, 5.41) is 0.668. The first kappa shape index (κ1) is 27.2. The lowest BCUT2D eigenvalue weighted by molar-refractivity contribution is 0.0855. The Morgan fingerprint density at radius 2 is 2.00 bits per heavy atom. The van der Waals surface area contributed by atoms with Crippen LogP contribution in [0.4, 0.5) is 5.95 Å². The van der Waals surface area contributed by atoms with Gasteiger partial charge in [0.1, 0.15) is 5.75 Å². The fourth-order valence-electron chi connectivity index (χ4n) is 5.04. The van der Waals surface area contributed by atoms with E-state index in [9.17, 15) is 4.79 Å². The third-order valence-electron chi connectivity index (χ3n) is 6.70. The van der Waals surface area contributed by atoms with Crippen molar-refractivity contribution < 1.29 is 9.47 Å². The number of halogens is 2. The third-order valence-corrected chi connectivity index (χ3v) is 6.70. The SMILES string of the molecule is COc1cc(C2CCOCC2)c2c(=O)[nH]c(N3CCc4c(ccnc4CN(C)C)C3)nc2c1.Cl.Cl. The number of hydrogen-bond acceptors (Lipinski definition) is 7. The molecule has 1 N–H and O–H groups in total. The minimum atomic E-state index is -0.0898. The van der Waals surface area contributed by atoms with Crippen molar-refractivity contribution in [2.24, 2.45) is 0 Å². The highest BCUT2D eigenvalue weighted by Gasteiger charge is 2.25. The topological polar surface area (TPSA) is 83.6 Å². The van der Waals surface area contributed by atoms with Crippen molar-refractivity contribution in [3.63, 3.8) is 0 Å². The molecule has 1 fully saturated rings. The second-order valence-electron chi connectivity index (χ2n) is 9.19. The number of methoxy groups -OCH3 is 1. The Labute approximate surface area is 217 Å². The normalized spacial score (nSPS) is 15.9. The highest BCUT2D eigenvalue weighted by molar-refractivity contribution is 5.86. The molecule has 5 rings (SSSR count). The van der Waals surface area contributed by atoms with Gasteiger partial charge < -0.3 is 19.3 Å². The van der Waals surface area contributed by atoms with Gasteiger partial charge in [0.05, 0.1) is 23.7 Å². The van der Waals surface area contributed by atoms with E-state index in [-0.39, 0.29) is 36.3 Å². The van der Waals surface area contributed by atoms with Gasteiger partial charge in [-0.05, 0) is 68.1 Å². The zero-order valence-electron chi connectivity index (χ0n) is 20.4. The first-order valence-electron chi connectivity index (χ1n) is 11.6. The summed E-state index contributed by atoms with van der Waals surface area (Å²) in [6.07, 6.45) is 4.55. The van der Waals surface area contributed by atoms with Crippen molar-refractivity contribution in [3.8, 4) is 5.75 Å². The number of fused-ring (bicyclic) bond motifs is 2. The van der Waals surface area contributed by atoms with E-state index in [2.05, 4.69) is 39.9 Å². The molecule has 10 heteroatoms. The fourth-order valence-corrected chi connectivity index (χ4v) is 5.04. The number of ether oxygens (including phenoxy) is 2. The van der Waals surface area contributed by atoms with Crippen molar-refractivity contribution in [1.29, 1.82) is 0 Å². The molecule has 0 unspecified atom stereocenters. The highest BCUT2D eigenvalue weighted by atomic mass is 35.5. The molecule has 0 aliphatic carbocycles. The molecular formula is C25H33Cl2N5O3. The zero-order chi connectivity index (χ0) is 22.9. The molecule has 0 bridgehead atoms. The van der Waals surface area contributed by atoms with Crippen LogP contribution >= 0.6 is 24.8 Å². The fraction of sp³-hybridized carbons (Fsp3) is 0.480. The van der Waals surface area contributed by atoms with E-state index in [1.165, 1.54) is 11.1 Å². The summed E-state index contributed by atoms with van der Waals surface area (Å²) in [6.45, 7) is 3.73. The molecule has 2 aromatic heterocycles. The highest BCUT2D eigenvalue weighted by Crippen LogP contribution is 2.34. The maximum Gasteiger partial charge on any atom is 0.260 e. The number of benzene rings is 1. The Hall–Kier alpha value is -2.39. The number of rotatable bonds is 5. The van der Waals surface area contributed by atoms with Crippen LogP contribution in [0.25, 0.3) is 10.9 Å². The van der Waals surface area contributed by atoms with Gasteiger partial charge in [-0.3, -0.25) is 14.8 Å². The standard InChI is InChI=1S/C25H31N5O3.2ClH/c1-29(2)15-22-19-5-9-30(14-17(19)4-8-26-22)25-27-21-13-18(32-3)12-20(23(21)24(31)28-25)16-6-10-33-11-7-16;;/h4,8,12-13,16H,5-7,9-11,14-15H2,1-3H3,(H,27,28,31);2*1H. The van der Waals surface area contributed by atoms with Gasteiger partial charge in [0, 0.05) is 45.1 Å². The van der Waals surface area contributed by atoms with Crippen LogP contribution in [0.15, 0.2) is 29.2 Å². The zero-order valence-corrected chi connectivity index (χ0v) is 22.0. The molecule has 0 saturated carbocycles. The molecule has 2 aliphatic rings. The molecule has 1 saturated heterocycles. The van der Waals surface area contributed by atoms with Crippen LogP contribution in [0, 0.1) is 0 Å². The minimum absolute atomic E-state index is 0. The minimum Gasteiger partial charge on any atom is -0.497 e. The lowest BCUT2D eigenvalue weighted by atomic mass is 9.89. The van der Waals surface area contributed by atoms with Crippen LogP contribution in [0.2, 0.25) is 0 Å². The summed E-state index contributed by atoms with van der Waals surface area (Å²) in [5.74, 6) is 1.61. The summed E-state index contributed by atoms with van der Waals surface area (Å²) in [4.78, 5) is 30.2. The van der Waals surface area contributed by atoms with E-state index < -0.39 is 0 Å². The maximum atomic E-state index is 13.3. The Bertz CT molecular complexity index is 1230. The van der Waals surface area contributed by atoms with Crippen LogP contribution in [0.5, 0.6) is 5.75 Å². The van der Waals surface area contributed by atoms with Crippen molar-refractivity contribution >= 4 is 41.7 Å². The number of nitrogens with zero attached hydrogens (tertiary/aromatic N) is 4. The maximum absolute atomic E-state index is 13.3. The molecule has 190 valence electrons. The van der Waals surface area contributed by atoms with Gasteiger partial charge in [-0.2, -0.15) is 0 Å². The Morgan fingerprint density at radius 3 is 2.71 bits per heavy atom. The van der Waals surface area contributed by atoms with Crippen LogP contribution in [0.3, 0.4) is 0 Å². The smallest absolute Gasteiger partial charge is 0.260 e. The van der Waals surface area contributed by atoms with E-state index in [1.807, 2.05) is 18.3 Å². The van der Waals surface area contributed by atoms with E-state index in [0.717, 1.165) is 49.4 Å². The summed E-state index contributed by atoms with van der Waals surface area (Å²) in [7, 11) is 5.77. The Balaban J connectivity index is 0.00000171. The van der Waals surface area contributed by atoms with Gasteiger partial charge in [0.25, 0.3) is 5.56 Å². The quantitative estimate of drug-likeness (QED) is 0.547. The van der Waals surface area contributed by atoms with E-state index in [0.29, 0.717) is 36.6 Å². The first-order valence-corrected chi connectivity index (χ1v) is 11.6. The first-order chi connectivity index (χ1) is 16.0. The van der Waals surface area contributed by atoms with Gasteiger partial charge in [0.15, 0.2) is 0 Å². The van der Waals surface area contributed by atoms with Crippen molar-refractivity contribution in [2.75, 3.05) is 45.9 Å². The number of aromatic nitrogens is 3.